The van der Waals surface area contributed by atoms with Crippen LogP contribution in [0.4, 0.5) is 10.5 Å². The molecule has 2 aromatic rings. The van der Waals surface area contributed by atoms with Gasteiger partial charge in [0.2, 0.25) is 0 Å². The summed E-state index contributed by atoms with van der Waals surface area (Å²) in [6.45, 7) is 2.05. The van der Waals surface area contributed by atoms with E-state index in [1.807, 2.05) is 49.7 Å². The van der Waals surface area contributed by atoms with Crippen molar-refractivity contribution in [1.82, 2.24) is 10.3 Å². The minimum atomic E-state index is -0.174. The van der Waals surface area contributed by atoms with Gasteiger partial charge in [-0.05, 0) is 61.8 Å². The SMILES string of the molecule is CSc1ccccc1NC(=O)NC(c1cc(C)ccn1)C1CC1. The van der Waals surface area contributed by atoms with E-state index >= 15 is 0 Å². The zero-order valence-electron chi connectivity index (χ0n) is 13.4. The van der Waals surface area contributed by atoms with E-state index in [0.29, 0.717) is 5.92 Å². The second kappa shape index (κ2) is 7.04. The summed E-state index contributed by atoms with van der Waals surface area (Å²) in [5.41, 5.74) is 2.95. The molecule has 0 aliphatic heterocycles. The van der Waals surface area contributed by atoms with E-state index in [9.17, 15) is 4.79 Å². The Hall–Kier alpha value is -2.01. The third kappa shape index (κ3) is 4.05. The van der Waals surface area contributed by atoms with Gasteiger partial charge in [-0.1, -0.05) is 12.1 Å². The zero-order valence-corrected chi connectivity index (χ0v) is 14.2. The molecule has 0 saturated heterocycles. The Morgan fingerprint density at radius 3 is 2.78 bits per heavy atom. The van der Waals surface area contributed by atoms with Crippen molar-refractivity contribution in [3.05, 3.63) is 53.9 Å². The van der Waals surface area contributed by atoms with Gasteiger partial charge >= 0.3 is 6.03 Å². The predicted molar refractivity (Wildman–Crippen MR) is 94.8 cm³/mol. The van der Waals surface area contributed by atoms with Gasteiger partial charge in [-0.15, -0.1) is 11.8 Å². The molecule has 120 valence electrons. The van der Waals surface area contributed by atoms with Crippen molar-refractivity contribution in [2.75, 3.05) is 11.6 Å². The normalized spacial score (nSPS) is 15.0. The van der Waals surface area contributed by atoms with Crippen LogP contribution in [-0.2, 0) is 0 Å². The number of hydrogen-bond acceptors (Lipinski definition) is 3. The van der Waals surface area contributed by atoms with Crippen molar-refractivity contribution < 1.29 is 4.79 Å². The summed E-state index contributed by atoms with van der Waals surface area (Å²) in [6, 6.07) is 11.7. The van der Waals surface area contributed by atoms with Crippen molar-refractivity contribution in [3.63, 3.8) is 0 Å². The molecule has 5 heteroatoms. The number of aromatic nitrogens is 1. The summed E-state index contributed by atoms with van der Waals surface area (Å²) >= 11 is 1.62. The number of anilines is 1. The van der Waals surface area contributed by atoms with E-state index in [-0.39, 0.29) is 12.1 Å². The van der Waals surface area contributed by atoms with Crippen LogP contribution >= 0.6 is 11.8 Å². The van der Waals surface area contributed by atoms with Crippen molar-refractivity contribution in [3.8, 4) is 0 Å². The highest BCUT2D eigenvalue weighted by atomic mass is 32.2. The Balaban J connectivity index is 1.72. The summed E-state index contributed by atoms with van der Waals surface area (Å²) in [4.78, 5) is 17.9. The maximum atomic E-state index is 12.4. The third-order valence-corrected chi connectivity index (χ3v) is 4.79. The first-order valence-corrected chi connectivity index (χ1v) is 9.03. The van der Waals surface area contributed by atoms with Crippen LogP contribution < -0.4 is 10.6 Å². The molecule has 3 rings (SSSR count). The molecule has 4 nitrogen and oxygen atoms in total. The molecule has 1 atom stereocenters. The Kier molecular flexibility index (Phi) is 4.86. The van der Waals surface area contributed by atoms with Gasteiger partial charge in [-0.2, -0.15) is 0 Å². The second-order valence-electron chi connectivity index (χ2n) is 5.87. The van der Waals surface area contributed by atoms with E-state index in [2.05, 4.69) is 21.7 Å². The Labute approximate surface area is 141 Å². The molecule has 1 aliphatic carbocycles. The van der Waals surface area contributed by atoms with E-state index in [1.54, 1.807) is 11.8 Å². The number of rotatable bonds is 5. The molecule has 2 N–H and O–H groups in total. The summed E-state index contributed by atoms with van der Waals surface area (Å²) < 4.78 is 0. The molecule has 1 aromatic heterocycles. The van der Waals surface area contributed by atoms with E-state index in [0.717, 1.165) is 34.7 Å². The van der Waals surface area contributed by atoms with E-state index in [4.69, 9.17) is 0 Å². The van der Waals surface area contributed by atoms with Crippen LogP contribution in [0.25, 0.3) is 0 Å². The van der Waals surface area contributed by atoms with Gasteiger partial charge in [-0.25, -0.2) is 4.79 Å². The van der Waals surface area contributed by atoms with Gasteiger partial charge in [0.05, 0.1) is 17.4 Å². The number of para-hydroxylation sites is 1. The Morgan fingerprint density at radius 1 is 1.30 bits per heavy atom. The molecule has 1 unspecified atom stereocenters. The zero-order chi connectivity index (χ0) is 16.2. The number of carbonyl (C=O) groups excluding carboxylic acids is 1. The van der Waals surface area contributed by atoms with Gasteiger partial charge in [0.15, 0.2) is 0 Å². The standard InChI is InChI=1S/C18H21N3OS/c1-12-9-10-19-15(11-12)17(13-7-8-13)21-18(22)20-14-5-3-4-6-16(14)23-2/h3-6,9-11,13,17H,7-8H2,1-2H3,(H2,20,21,22). The number of hydrogen-bond donors (Lipinski definition) is 2. The lowest BCUT2D eigenvalue weighted by Gasteiger charge is -2.19. The van der Waals surface area contributed by atoms with Crippen LogP contribution in [0.3, 0.4) is 0 Å². The number of nitrogens with zero attached hydrogens (tertiary/aromatic N) is 1. The van der Waals surface area contributed by atoms with Crippen LogP contribution in [0.2, 0.25) is 0 Å². The fourth-order valence-corrected chi connectivity index (χ4v) is 3.19. The number of urea groups is 1. The molecule has 0 radical (unpaired) electrons. The van der Waals surface area contributed by atoms with E-state index < -0.39 is 0 Å². The summed E-state index contributed by atoms with van der Waals surface area (Å²) in [6.07, 6.45) is 6.09. The fourth-order valence-electron chi connectivity index (χ4n) is 2.64. The maximum absolute atomic E-state index is 12.4. The molecule has 0 bridgehead atoms. The van der Waals surface area contributed by atoms with Gasteiger partial charge in [0.25, 0.3) is 0 Å². The first kappa shape index (κ1) is 15.9. The van der Waals surface area contributed by atoms with Crippen LogP contribution in [0, 0.1) is 12.8 Å². The Morgan fingerprint density at radius 2 is 2.09 bits per heavy atom. The lowest BCUT2D eigenvalue weighted by molar-refractivity contribution is 0.246. The number of benzene rings is 1. The molecule has 0 spiro atoms. The van der Waals surface area contributed by atoms with Crippen molar-refractivity contribution in [2.45, 2.75) is 30.7 Å². The summed E-state index contributed by atoms with van der Waals surface area (Å²) in [7, 11) is 0. The van der Waals surface area contributed by atoms with Crippen LogP contribution in [-0.4, -0.2) is 17.3 Å². The van der Waals surface area contributed by atoms with Crippen LogP contribution in [0.15, 0.2) is 47.5 Å². The van der Waals surface area contributed by atoms with Crippen molar-refractivity contribution >= 4 is 23.5 Å². The number of carbonyl (C=O) groups is 1. The quantitative estimate of drug-likeness (QED) is 0.801. The molecule has 1 aliphatic rings. The van der Waals surface area contributed by atoms with E-state index in [1.165, 1.54) is 0 Å². The molecular formula is C18H21N3OS. The largest absolute Gasteiger partial charge is 0.329 e. The van der Waals surface area contributed by atoms with Crippen molar-refractivity contribution in [1.29, 1.82) is 0 Å². The average molecular weight is 327 g/mol. The monoisotopic (exact) mass is 327 g/mol. The minimum absolute atomic E-state index is 0.0173. The number of pyridine rings is 1. The predicted octanol–water partition coefficient (Wildman–Crippen LogP) is 4.38. The molecule has 1 saturated carbocycles. The molecule has 2 amide bonds. The highest BCUT2D eigenvalue weighted by molar-refractivity contribution is 7.98. The van der Waals surface area contributed by atoms with Crippen LogP contribution in [0.5, 0.6) is 0 Å². The molecule has 1 fully saturated rings. The number of aryl methyl sites for hydroxylation is 1. The maximum Gasteiger partial charge on any atom is 0.319 e. The fraction of sp³-hybridized carbons (Fsp3) is 0.333. The first-order chi connectivity index (χ1) is 11.2. The smallest absolute Gasteiger partial charge is 0.319 e. The van der Waals surface area contributed by atoms with Gasteiger partial charge in [0, 0.05) is 11.1 Å². The highest BCUT2D eigenvalue weighted by Crippen LogP contribution is 2.40. The molecule has 1 aromatic carbocycles. The second-order valence-corrected chi connectivity index (χ2v) is 6.72. The third-order valence-electron chi connectivity index (χ3n) is 3.99. The van der Waals surface area contributed by atoms with Crippen molar-refractivity contribution in [2.24, 2.45) is 5.92 Å². The lowest BCUT2D eigenvalue weighted by Crippen LogP contribution is -2.34. The minimum Gasteiger partial charge on any atom is -0.329 e. The molecular weight excluding hydrogens is 306 g/mol. The number of thioether (sulfide) groups is 1. The van der Waals surface area contributed by atoms with Gasteiger partial charge < -0.3 is 10.6 Å². The average Bonchev–Trinajstić information content (AvgIpc) is 3.38. The van der Waals surface area contributed by atoms with Crippen LogP contribution in [0.1, 0.15) is 30.1 Å². The Bertz CT molecular complexity index is 700. The topological polar surface area (TPSA) is 54.0 Å². The first-order valence-electron chi connectivity index (χ1n) is 7.80. The number of amides is 2. The molecule has 1 heterocycles. The van der Waals surface area contributed by atoms with Gasteiger partial charge in [0.1, 0.15) is 0 Å². The lowest BCUT2D eigenvalue weighted by atomic mass is 10.1. The summed E-state index contributed by atoms with van der Waals surface area (Å²) in [5.74, 6) is 0.492. The summed E-state index contributed by atoms with van der Waals surface area (Å²) in [5, 5.41) is 6.06. The molecule has 23 heavy (non-hydrogen) atoms. The number of nitrogens with one attached hydrogen (secondary N) is 2. The highest BCUT2D eigenvalue weighted by Gasteiger charge is 2.34. The van der Waals surface area contributed by atoms with Gasteiger partial charge in [-0.3, -0.25) is 4.98 Å².